The highest BCUT2D eigenvalue weighted by Gasteiger charge is 2.30. The molecule has 4 aromatic rings. The molecule has 2 N–H and O–H groups in total. The summed E-state index contributed by atoms with van der Waals surface area (Å²) in [5.74, 6) is 2.56. The molecule has 0 amide bonds. The van der Waals surface area contributed by atoms with Gasteiger partial charge in [0.1, 0.15) is 5.82 Å². The lowest BCUT2D eigenvalue weighted by Gasteiger charge is -2.10. The van der Waals surface area contributed by atoms with Gasteiger partial charge in [0.05, 0.1) is 11.1 Å². The first-order valence-electron chi connectivity index (χ1n) is 9.65. The average molecular weight is 439 g/mol. The van der Waals surface area contributed by atoms with E-state index in [0.29, 0.717) is 35.2 Å². The Kier molecular flexibility index (Phi) is 4.89. The van der Waals surface area contributed by atoms with Crippen molar-refractivity contribution >= 4 is 5.82 Å². The molecule has 0 fully saturated rings. The van der Waals surface area contributed by atoms with Crippen LogP contribution < -0.4 is 14.8 Å². The van der Waals surface area contributed by atoms with E-state index in [-0.39, 0.29) is 18.2 Å². The molecule has 0 spiro atoms. The lowest BCUT2D eigenvalue weighted by atomic mass is 10.1. The Balaban J connectivity index is 1.38. The first-order valence-corrected chi connectivity index (χ1v) is 9.65. The van der Waals surface area contributed by atoms with Gasteiger partial charge >= 0.3 is 6.18 Å². The number of halogens is 3. The van der Waals surface area contributed by atoms with Gasteiger partial charge in [-0.3, -0.25) is 0 Å². The van der Waals surface area contributed by atoms with Crippen molar-refractivity contribution in [1.29, 1.82) is 0 Å². The molecule has 0 aliphatic carbocycles. The molecule has 0 atom stereocenters. The zero-order valence-corrected chi connectivity index (χ0v) is 16.5. The van der Waals surface area contributed by atoms with Crippen molar-refractivity contribution in [2.24, 2.45) is 0 Å². The Labute approximate surface area is 180 Å². The third kappa shape index (κ3) is 3.94. The third-order valence-electron chi connectivity index (χ3n) is 4.91. The molecule has 7 nitrogen and oxygen atoms in total. The van der Waals surface area contributed by atoms with Crippen LogP contribution in [0.4, 0.5) is 19.0 Å². The maximum atomic E-state index is 13.0. The fourth-order valence-corrected chi connectivity index (χ4v) is 3.33. The van der Waals surface area contributed by atoms with Gasteiger partial charge in [-0.1, -0.05) is 18.2 Å². The number of benzene rings is 2. The predicted octanol–water partition coefficient (Wildman–Crippen LogP) is 4.89. The van der Waals surface area contributed by atoms with Gasteiger partial charge in [0, 0.05) is 18.3 Å². The minimum absolute atomic E-state index is 0.205. The monoisotopic (exact) mass is 439 g/mol. The van der Waals surface area contributed by atoms with Gasteiger partial charge in [-0.05, 0) is 42.0 Å². The van der Waals surface area contributed by atoms with E-state index in [1.165, 1.54) is 6.07 Å². The molecule has 32 heavy (non-hydrogen) atoms. The Bertz CT molecular complexity index is 1270. The summed E-state index contributed by atoms with van der Waals surface area (Å²) in [7, 11) is 0. The normalized spacial score (nSPS) is 12.7. The molecule has 0 bridgehead atoms. The van der Waals surface area contributed by atoms with Crippen LogP contribution in [0.5, 0.6) is 11.5 Å². The summed E-state index contributed by atoms with van der Waals surface area (Å²) in [6.45, 7) is 0.672. The third-order valence-corrected chi connectivity index (χ3v) is 4.91. The SMILES string of the molecule is FC(F)(F)c1cccc(-c2nnc(-c3cccnc3NCc3ccc4c(c3)OCO4)[nH]2)c1. The molecular weight excluding hydrogens is 423 g/mol. The lowest BCUT2D eigenvalue weighted by Crippen LogP contribution is -2.04. The quantitative estimate of drug-likeness (QED) is 0.461. The van der Waals surface area contributed by atoms with E-state index < -0.39 is 11.7 Å². The maximum Gasteiger partial charge on any atom is 0.416 e. The van der Waals surface area contributed by atoms with Gasteiger partial charge in [-0.15, -0.1) is 10.2 Å². The lowest BCUT2D eigenvalue weighted by molar-refractivity contribution is -0.137. The highest BCUT2D eigenvalue weighted by molar-refractivity contribution is 5.71. The van der Waals surface area contributed by atoms with Crippen molar-refractivity contribution in [2.75, 3.05) is 12.1 Å². The Morgan fingerprint density at radius 2 is 1.78 bits per heavy atom. The molecule has 1 aliphatic rings. The zero-order chi connectivity index (χ0) is 22.1. The first-order chi connectivity index (χ1) is 15.5. The maximum absolute atomic E-state index is 13.0. The number of nitrogens with zero attached hydrogens (tertiary/aromatic N) is 3. The minimum atomic E-state index is -4.44. The number of anilines is 1. The number of aromatic amines is 1. The standard InChI is InChI=1S/C22H16F3N5O2/c23-22(24,25)15-4-1-3-14(10-15)19-28-21(30-29-19)16-5-2-8-26-20(16)27-11-13-6-7-17-18(9-13)32-12-31-17/h1-10H,11-12H2,(H,26,27)(H,28,29,30). The van der Waals surface area contributed by atoms with Crippen LogP contribution in [-0.2, 0) is 12.7 Å². The first kappa shape index (κ1) is 19.9. The molecule has 0 saturated carbocycles. The van der Waals surface area contributed by atoms with E-state index in [2.05, 4.69) is 25.5 Å². The van der Waals surface area contributed by atoms with Crippen LogP contribution in [0.3, 0.4) is 0 Å². The van der Waals surface area contributed by atoms with Crippen molar-refractivity contribution in [3.05, 3.63) is 71.9 Å². The highest BCUT2D eigenvalue weighted by Crippen LogP contribution is 2.34. The number of rotatable bonds is 5. The predicted molar refractivity (Wildman–Crippen MR) is 110 cm³/mol. The van der Waals surface area contributed by atoms with Crippen LogP contribution >= 0.6 is 0 Å². The highest BCUT2D eigenvalue weighted by atomic mass is 19.4. The number of pyridine rings is 1. The van der Waals surface area contributed by atoms with E-state index in [9.17, 15) is 13.2 Å². The molecule has 0 saturated heterocycles. The van der Waals surface area contributed by atoms with Gasteiger partial charge in [-0.25, -0.2) is 4.98 Å². The Morgan fingerprint density at radius 1 is 0.938 bits per heavy atom. The molecule has 10 heteroatoms. The van der Waals surface area contributed by atoms with E-state index >= 15 is 0 Å². The van der Waals surface area contributed by atoms with Crippen molar-refractivity contribution in [1.82, 2.24) is 20.2 Å². The van der Waals surface area contributed by atoms with Crippen LogP contribution in [-0.4, -0.2) is 27.0 Å². The molecule has 1 aliphatic heterocycles. The van der Waals surface area contributed by atoms with Crippen molar-refractivity contribution in [2.45, 2.75) is 12.7 Å². The van der Waals surface area contributed by atoms with Gasteiger partial charge in [-0.2, -0.15) is 13.2 Å². The van der Waals surface area contributed by atoms with E-state index in [0.717, 1.165) is 17.7 Å². The molecular formula is C22H16F3N5O2. The zero-order valence-electron chi connectivity index (χ0n) is 16.5. The smallest absolute Gasteiger partial charge is 0.416 e. The van der Waals surface area contributed by atoms with Crippen LogP contribution in [0, 0.1) is 0 Å². The minimum Gasteiger partial charge on any atom is -0.454 e. The number of aromatic nitrogens is 4. The van der Waals surface area contributed by atoms with Crippen LogP contribution in [0.2, 0.25) is 0 Å². The molecule has 0 unspecified atom stereocenters. The summed E-state index contributed by atoms with van der Waals surface area (Å²) in [6, 6.07) is 14.1. The van der Waals surface area contributed by atoms with E-state index in [1.54, 1.807) is 24.4 Å². The summed E-state index contributed by atoms with van der Waals surface area (Å²) in [5.41, 5.74) is 1.14. The molecule has 2 aromatic carbocycles. The number of hydrogen-bond donors (Lipinski definition) is 2. The van der Waals surface area contributed by atoms with E-state index in [4.69, 9.17) is 9.47 Å². The van der Waals surface area contributed by atoms with E-state index in [1.807, 2.05) is 18.2 Å². The summed E-state index contributed by atoms with van der Waals surface area (Å²) < 4.78 is 49.8. The van der Waals surface area contributed by atoms with Crippen molar-refractivity contribution in [3.63, 3.8) is 0 Å². The number of fused-ring (bicyclic) bond motifs is 1. The van der Waals surface area contributed by atoms with Gasteiger partial charge < -0.3 is 19.8 Å². The molecule has 162 valence electrons. The van der Waals surface area contributed by atoms with Crippen LogP contribution in [0.15, 0.2) is 60.8 Å². The second-order valence-electron chi connectivity index (χ2n) is 7.04. The molecule has 5 rings (SSSR count). The second-order valence-corrected chi connectivity index (χ2v) is 7.04. The van der Waals surface area contributed by atoms with Crippen LogP contribution in [0.25, 0.3) is 22.8 Å². The Hall–Kier alpha value is -4.08. The van der Waals surface area contributed by atoms with Gasteiger partial charge in [0.15, 0.2) is 23.1 Å². The number of alkyl halides is 3. The summed E-state index contributed by atoms with van der Waals surface area (Å²) in [4.78, 5) is 7.36. The summed E-state index contributed by atoms with van der Waals surface area (Å²) in [5, 5.41) is 11.4. The number of ether oxygens (including phenoxy) is 2. The summed E-state index contributed by atoms with van der Waals surface area (Å²) >= 11 is 0. The van der Waals surface area contributed by atoms with Crippen LogP contribution in [0.1, 0.15) is 11.1 Å². The number of nitrogens with one attached hydrogen (secondary N) is 2. The average Bonchev–Trinajstić information content (AvgIpc) is 3.47. The largest absolute Gasteiger partial charge is 0.454 e. The molecule has 0 radical (unpaired) electrons. The van der Waals surface area contributed by atoms with Crippen molar-refractivity contribution in [3.8, 4) is 34.3 Å². The fourth-order valence-electron chi connectivity index (χ4n) is 3.33. The fraction of sp³-hybridized carbons (Fsp3) is 0.136. The molecule has 2 aromatic heterocycles. The number of H-pyrrole nitrogens is 1. The Morgan fingerprint density at radius 3 is 2.66 bits per heavy atom. The van der Waals surface area contributed by atoms with Gasteiger partial charge in [0.25, 0.3) is 0 Å². The van der Waals surface area contributed by atoms with Gasteiger partial charge in [0.2, 0.25) is 6.79 Å². The van der Waals surface area contributed by atoms with Crippen molar-refractivity contribution < 1.29 is 22.6 Å². The molecule has 3 heterocycles. The number of hydrogen-bond acceptors (Lipinski definition) is 6. The summed E-state index contributed by atoms with van der Waals surface area (Å²) in [6.07, 6.45) is -2.80. The second kappa shape index (κ2) is 7.88. The topological polar surface area (TPSA) is 85.0 Å².